The minimum Gasteiger partial charge on any atom is -0.278 e. The molecular weight excluding hydrogens is 687 g/mol. The van der Waals surface area contributed by atoms with Gasteiger partial charge in [0.15, 0.2) is 0 Å². The number of para-hydroxylation sites is 1. The number of fused-ring (bicyclic) bond motifs is 10. The predicted molar refractivity (Wildman–Crippen MR) is 230 cm³/mol. The highest BCUT2D eigenvalue weighted by Crippen LogP contribution is 2.58. The monoisotopic (exact) mass is 717 g/mol. The molecule has 0 amide bonds. The van der Waals surface area contributed by atoms with Crippen molar-refractivity contribution in [3.63, 3.8) is 0 Å². The van der Waals surface area contributed by atoms with Crippen LogP contribution in [0.3, 0.4) is 0 Å². The van der Waals surface area contributed by atoms with E-state index in [4.69, 9.17) is 9.97 Å². The van der Waals surface area contributed by atoms with Gasteiger partial charge in [-0.3, -0.25) is 4.57 Å². The largest absolute Gasteiger partial charge is 0.278 e. The van der Waals surface area contributed by atoms with Gasteiger partial charge in [-0.05, 0) is 68.4 Å². The van der Waals surface area contributed by atoms with E-state index in [0.29, 0.717) is 5.95 Å². The first kappa shape index (κ1) is 30.6. The number of hydrogen-bond acceptors (Lipinski definition) is 3. The molecule has 0 unspecified atom stereocenters. The van der Waals surface area contributed by atoms with E-state index in [1.165, 1.54) is 65.0 Å². The lowest BCUT2D eigenvalue weighted by atomic mass is 9.67. The molecule has 0 aliphatic heterocycles. The van der Waals surface area contributed by atoms with Crippen molar-refractivity contribution in [2.45, 2.75) is 5.41 Å². The number of rotatable bonds is 4. The first-order valence-electron chi connectivity index (χ1n) is 18.8. The van der Waals surface area contributed by atoms with Gasteiger partial charge in [-0.1, -0.05) is 164 Å². The normalized spacial score (nSPS) is 13.2. The summed E-state index contributed by atoms with van der Waals surface area (Å²) in [5.74, 6) is 0.678. The van der Waals surface area contributed by atoms with E-state index in [1.807, 2.05) is 0 Å². The van der Waals surface area contributed by atoms with Crippen molar-refractivity contribution in [1.29, 1.82) is 0 Å². The molecule has 1 aliphatic rings. The first-order valence-corrected chi connectivity index (χ1v) is 19.6. The summed E-state index contributed by atoms with van der Waals surface area (Å²) in [7, 11) is 0. The molecule has 8 aromatic carbocycles. The number of nitrogens with zero attached hydrogens (tertiary/aromatic N) is 3. The van der Waals surface area contributed by atoms with Crippen LogP contribution in [0.25, 0.3) is 81.2 Å². The van der Waals surface area contributed by atoms with Crippen molar-refractivity contribution in [3.8, 4) is 28.3 Å². The Hall–Kier alpha value is -6.88. The van der Waals surface area contributed by atoms with Gasteiger partial charge in [0.2, 0.25) is 5.95 Å². The SMILES string of the molecule is c1ccc(C2(c3ccccc3)c3ccccc3-c3c(-c4nc(-n5c6ccccc6c6cc7ccccc7cc65)nc5sc6ccccc6c45)cccc32)cc1. The quantitative estimate of drug-likeness (QED) is 0.181. The van der Waals surface area contributed by atoms with Gasteiger partial charge in [-0.15, -0.1) is 11.3 Å². The summed E-state index contributed by atoms with van der Waals surface area (Å²) in [4.78, 5) is 12.2. The number of thiophene rings is 1. The molecule has 12 rings (SSSR count). The van der Waals surface area contributed by atoms with Crippen LogP contribution in [0, 0.1) is 0 Å². The molecule has 0 saturated heterocycles. The van der Waals surface area contributed by atoms with Crippen molar-refractivity contribution in [2.75, 3.05) is 0 Å². The van der Waals surface area contributed by atoms with Crippen LogP contribution in [0.1, 0.15) is 22.3 Å². The van der Waals surface area contributed by atoms with Gasteiger partial charge in [-0.2, -0.15) is 0 Å². The first-order chi connectivity index (χ1) is 27.3. The third-order valence-corrected chi connectivity index (χ3v) is 12.8. The van der Waals surface area contributed by atoms with Crippen LogP contribution in [0.2, 0.25) is 0 Å². The van der Waals surface area contributed by atoms with Crippen molar-refractivity contribution in [2.24, 2.45) is 0 Å². The molecule has 3 heterocycles. The summed E-state index contributed by atoms with van der Waals surface area (Å²) in [6.45, 7) is 0. The standard InChI is InChI=1S/C51H31N3S/c1-3-18-34(19-4-1)51(35-20-5-2-6-21-35)41-26-12-9-23-37(41)46-39(25-15-27-42(46)51)48-47-38-24-11-14-29-45(38)55-49(47)53-50(52-48)54-43-28-13-10-22-36(43)40-30-32-16-7-8-17-33(32)31-44(40)54/h1-31H. The van der Waals surface area contributed by atoms with E-state index in [2.05, 4.69) is 193 Å². The maximum absolute atomic E-state index is 5.72. The molecule has 0 spiro atoms. The van der Waals surface area contributed by atoms with Gasteiger partial charge in [0, 0.05) is 31.8 Å². The lowest BCUT2D eigenvalue weighted by Gasteiger charge is -2.33. The minimum absolute atomic E-state index is 0.510. The second-order valence-electron chi connectivity index (χ2n) is 14.5. The van der Waals surface area contributed by atoms with Crippen LogP contribution in [0.5, 0.6) is 0 Å². The Labute approximate surface area is 321 Å². The summed E-state index contributed by atoms with van der Waals surface area (Å²) >= 11 is 1.74. The minimum atomic E-state index is -0.510. The molecule has 55 heavy (non-hydrogen) atoms. The lowest BCUT2D eigenvalue weighted by molar-refractivity contribution is 0.768. The van der Waals surface area contributed by atoms with E-state index in [9.17, 15) is 0 Å². The van der Waals surface area contributed by atoms with Gasteiger partial charge < -0.3 is 0 Å². The van der Waals surface area contributed by atoms with Gasteiger partial charge in [0.25, 0.3) is 0 Å². The Bertz CT molecular complexity index is 3280. The second-order valence-corrected chi connectivity index (χ2v) is 15.5. The second kappa shape index (κ2) is 11.6. The Balaban J connectivity index is 1.22. The molecule has 0 saturated carbocycles. The molecule has 4 heteroatoms. The van der Waals surface area contributed by atoms with Crippen molar-refractivity contribution in [1.82, 2.24) is 14.5 Å². The van der Waals surface area contributed by atoms with Crippen LogP contribution in [-0.2, 0) is 5.41 Å². The fourth-order valence-electron chi connectivity index (χ4n) is 9.47. The van der Waals surface area contributed by atoms with E-state index < -0.39 is 5.41 Å². The van der Waals surface area contributed by atoms with E-state index in [-0.39, 0.29) is 0 Å². The Morgan fingerprint density at radius 3 is 1.87 bits per heavy atom. The average molecular weight is 718 g/mol. The van der Waals surface area contributed by atoms with E-state index >= 15 is 0 Å². The molecule has 3 aromatic heterocycles. The van der Waals surface area contributed by atoms with Crippen molar-refractivity contribution < 1.29 is 0 Å². The smallest absolute Gasteiger partial charge is 0.236 e. The van der Waals surface area contributed by atoms with Crippen LogP contribution in [-0.4, -0.2) is 14.5 Å². The molecule has 0 radical (unpaired) electrons. The number of aromatic nitrogens is 3. The Morgan fingerprint density at radius 1 is 0.455 bits per heavy atom. The number of hydrogen-bond donors (Lipinski definition) is 0. The maximum Gasteiger partial charge on any atom is 0.236 e. The third-order valence-electron chi connectivity index (χ3n) is 11.7. The van der Waals surface area contributed by atoms with Crippen LogP contribution in [0.4, 0.5) is 0 Å². The summed E-state index contributed by atoms with van der Waals surface area (Å²) in [6.07, 6.45) is 0. The zero-order chi connectivity index (χ0) is 36.1. The highest BCUT2D eigenvalue weighted by molar-refractivity contribution is 7.25. The number of benzene rings is 8. The lowest BCUT2D eigenvalue weighted by Crippen LogP contribution is -2.28. The summed E-state index contributed by atoms with van der Waals surface area (Å²) in [6, 6.07) is 68.4. The molecular formula is C51H31N3S. The van der Waals surface area contributed by atoms with E-state index in [1.54, 1.807) is 11.3 Å². The molecule has 0 N–H and O–H groups in total. The topological polar surface area (TPSA) is 30.7 Å². The fraction of sp³-hybridized carbons (Fsp3) is 0.0196. The zero-order valence-electron chi connectivity index (χ0n) is 29.6. The highest BCUT2D eigenvalue weighted by Gasteiger charge is 2.47. The van der Waals surface area contributed by atoms with Gasteiger partial charge in [0.05, 0.1) is 22.1 Å². The molecule has 0 atom stereocenters. The van der Waals surface area contributed by atoms with Crippen LogP contribution in [0.15, 0.2) is 188 Å². The summed E-state index contributed by atoms with van der Waals surface area (Å²) in [5, 5.41) is 7.07. The van der Waals surface area contributed by atoms with E-state index in [0.717, 1.165) is 32.5 Å². The van der Waals surface area contributed by atoms with Gasteiger partial charge in [0.1, 0.15) is 4.83 Å². The molecule has 0 bridgehead atoms. The molecule has 0 fully saturated rings. The summed E-state index contributed by atoms with van der Waals surface area (Å²) < 4.78 is 3.48. The highest BCUT2D eigenvalue weighted by atomic mass is 32.1. The Morgan fingerprint density at radius 2 is 1.07 bits per heavy atom. The third kappa shape index (κ3) is 4.20. The van der Waals surface area contributed by atoms with Crippen LogP contribution >= 0.6 is 11.3 Å². The fourth-order valence-corrected chi connectivity index (χ4v) is 10.5. The van der Waals surface area contributed by atoms with Crippen molar-refractivity contribution >= 4 is 64.2 Å². The molecule has 1 aliphatic carbocycles. The summed E-state index contributed by atoms with van der Waals surface area (Å²) in [5.41, 5.74) is 11.2. The van der Waals surface area contributed by atoms with Gasteiger partial charge in [-0.25, -0.2) is 9.97 Å². The molecule has 11 aromatic rings. The maximum atomic E-state index is 5.72. The van der Waals surface area contributed by atoms with Crippen molar-refractivity contribution in [3.05, 3.63) is 210 Å². The van der Waals surface area contributed by atoms with Gasteiger partial charge >= 0.3 is 0 Å². The Kier molecular flexibility index (Phi) is 6.42. The molecule has 3 nitrogen and oxygen atoms in total. The average Bonchev–Trinajstić information content (AvgIpc) is 3.89. The van der Waals surface area contributed by atoms with Crippen LogP contribution < -0.4 is 0 Å². The predicted octanol–water partition coefficient (Wildman–Crippen LogP) is 13.1. The zero-order valence-corrected chi connectivity index (χ0v) is 30.5. The molecule has 256 valence electrons.